The second-order valence-corrected chi connectivity index (χ2v) is 2.31. The van der Waals surface area contributed by atoms with Crippen molar-refractivity contribution in [2.75, 3.05) is 13.1 Å². The molecule has 7 nitrogen and oxygen atoms in total. The fraction of sp³-hybridized carbons (Fsp3) is 0.667. The molecule has 0 aliphatic rings. The number of unbranched alkanes of at least 4 members (excludes halogenated alkanes) is 1. The summed E-state index contributed by atoms with van der Waals surface area (Å²) >= 11 is 0. The molecule has 0 radical (unpaired) electrons. The minimum Gasteiger partial charge on any atom is -0.754 e. The molecule has 0 spiro atoms. The number of nitrogens with one attached hydrogen (secondary N) is 1. The highest BCUT2D eigenvalue weighted by atomic mass is 16.6. The molecule has 0 atom stereocenters. The van der Waals surface area contributed by atoms with Crippen LogP contribution in [-0.4, -0.2) is 35.4 Å². The molecule has 0 rings (SSSR count). The zero-order valence-corrected chi connectivity index (χ0v) is 6.86. The summed E-state index contributed by atoms with van der Waals surface area (Å²) in [5.41, 5.74) is 0. The van der Waals surface area contributed by atoms with E-state index in [-0.39, 0.29) is 18.2 Å². The van der Waals surface area contributed by atoms with Crippen LogP contribution in [0.5, 0.6) is 0 Å². The van der Waals surface area contributed by atoms with Gasteiger partial charge in [-0.15, -0.1) is 0 Å². The molecule has 0 bridgehead atoms. The Hall–Kier alpha value is -1.50. The zero-order chi connectivity index (χ0) is 10.3. The number of hydrogen-bond donors (Lipinski definition) is 2. The smallest absolute Gasteiger partial charge is 0.396 e. The molecule has 0 fully saturated rings. The maximum atomic E-state index is 10.4. The lowest BCUT2D eigenvalue weighted by Crippen LogP contribution is -2.37. The van der Waals surface area contributed by atoms with Crippen molar-refractivity contribution in [3.05, 3.63) is 5.21 Å². The van der Waals surface area contributed by atoms with Gasteiger partial charge >= 0.3 is 6.09 Å². The molecule has 0 aromatic carbocycles. The molecule has 76 valence electrons. The third kappa shape index (κ3) is 6.88. The van der Waals surface area contributed by atoms with Crippen LogP contribution in [0, 0.1) is 5.21 Å². The van der Waals surface area contributed by atoms with E-state index in [0.29, 0.717) is 12.8 Å². The molecule has 0 aliphatic carbocycles. The summed E-state index contributed by atoms with van der Waals surface area (Å²) in [4.78, 5) is 19.8. The van der Waals surface area contributed by atoms with E-state index in [0.717, 1.165) is 0 Å². The lowest BCUT2D eigenvalue weighted by molar-refractivity contribution is -0.250. The Labute approximate surface area is 74.5 Å². The first-order chi connectivity index (χ1) is 6.04. The third-order valence-electron chi connectivity index (χ3n) is 1.27. The molecule has 13 heavy (non-hydrogen) atoms. The maximum Gasteiger partial charge on any atom is 0.396 e. The van der Waals surface area contributed by atoms with Crippen molar-refractivity contribution in [3.8, 4) is 0 Å². The van der Waals surface area contributed by atoms with Gasteiger partial charge in [0.25, 0.3) is 0 Å². The molecular weight excluding hydrogens is 180 g/mol. The number of carboxylic acid groups (broad SMARTS) is 2. The Balaban J connectivity index is 3.26. The SMILES string of the molecule is O=C([O-])NCCCCN([O-])C(=O)O. The van der Waals surface area contributed by atoms with Gasteiger partial charge in [0.15, 0.2) is 0 Å². The van der Waals surface area contributed by atoms with E-state index in [9.17, 15) is 19.9 Å². The van der Waals surface area contributed by atoms with Gasteiger partial charge in [-0.25, -0.2) is 4.79 Å². The lowest BCUT2D eigenvalue weighted by Gasteiger charge is -2.23. The molecule has 0 aliphatic heterocycles. The highest BCUT2D eigenvalue weighted by Gasteiger charge is 1.97. The molecule has 0 aromatic rings. The van der Waals surface area contributed by atoms with Crippen molar-refractivity contribution < 1.29 is 19.8 Å². The van der Waals surface area contributed by atoms with Crippen LogP contribution in [0.3, 0.4) is 0 Å². The van der Waals surface area contributed by atoms with Gasteiger partial charge in [0.05, 0.1) is 0 Å². The van der Waals surface area contributed by atoms with Crippen LogP contribution in [0.25, 0.3) is 0 Å². The predicted octanol–water partition coefficient (Wildman–Crippen LogP) is -0.823. The summed E-state index contributed by atoms with van der Waals surface area (Å²) in [6.07, 6.45) is -2.19. The number of hydrogen-bond acceptors (Lipinski definition) is 4. The Kier molecular flexibility index (Phi) is 5.37. The van der Waals surface area contributed by atoms with Crippen LogP contribution in [0.15, 0.2) is 0 Å². The average Bonchev–Trinajstić information content (AvgIpc) is 2.02. The maximum absolute atomic E-state index is 10.4. The van der Waals surface area contributed by atoms with Gasteiger partial charge < -0.3 is 30.6 Å². The summed E-state index contributed by atoms with van der Waals surface area (Å²) in [6, 6.07) is 0. The molecular formula is C6H10N2O5-2. The fourth-order valence-electron chi connectivity index (χ4n) is 0.667. The molecule has 2 amide bonds. The highest BCUT2D eigenvalue weighted by Crippen LogP contribution is 1.92. The number of carbonyl (C=O) groups is 2. The molecule has 2 N–H and O–H groups in total. The summed E-state index contributed by atoms with van der Waals surface area (Å²) in [7, 11) is 0. The van der Waals surface area contributed by atoms with Crippen LogP contribution in [0.2, 0.25) is 0 Å². The van der Waals surface area contributed by atoms with Crippen molar-refractivity contribution in [2.45, 2.75) is 12.8 Å². The van der Waals surface area contributed by atoms with Gasteiger partial charge in [0.2, 0.25) is 0 Å². The Morgan fingerprint density at radius 2 is 2.00 bits per heavy atom. The van der Waals surface area contributed by atoms with Crippen molar-refractivity contribution in [1.29, 1.82) is 0 Å². The van der Waals surface area contributed by atoms with Gasteiger partial charge in [0, 0.05) is 13.1 Å². The van der Waals surface area contributed by atoms with E-state index < -0.39 is 12.2 Å². The minimum atomic E-state index is -1.53. The predicted molar refractivity (Wildman–Crippen MR) is 40.7 cm³/mol. The van der Waals surface area contributed by atoms with Gasteiger partial charge in [-0.3, -0.25) is 0 Å². The number of hydroxylamine groups is 2. The van der Waals surface area contributed by atoms with Crippen molar-refractivity contribution in [2.24, 2.45) is 0 Å². The first-order valence-electron chi connectivity index (χ1n) is 3.66. The van der Waals surface area contributed by atoms with Crippen molar-refractivity contribution >= 4 is 12.2 Å². The first kappa shape index (κ1) is 11.5. The van der Waals surface area contributed by atoms with Crippen LogP contribution < -0.4 is 10.4 Å². The lowest BCUT2D eigenvalue weighted by atomic mass is 10.3. The van der Waals surface area contributed by atoms with E-state index in [1.54, 1.807) is 0 Å². The Morgan fingerprint density at radius 1 is 1.38 bits per heavy atom. The van der Waals surface area contributed by atoms with Crippen molar-refractivity contribution in [3.63, 3.8) is 0 Å². The molecule has 7 heteroatoms. The summed E-state index contributed by atoms with van der Waals surface area (Å²) in [5.74, 6) is 0. The fourth-order valence-corrected chi connectivity index (χ4v) is 0.667. The Bertz CT molecular complexity index is 184. The topological polar surface area (TPSA) is 116 Å². The Morgan fingerprint density at radius 3 is 2.46 bits per heavy atom. The van der Waals surface area contributed by atoms with E-state index in [1.807, 2.05) is 5.32 Å². The quantitative estimate of drug-likeness (QED) is 0.434. The number of nitrogens with zero attached hydrogens (tertiary/aromatic N) is 1. The third-order valence-corrected chi connectivity index (χ3v) is 1.27. The van der Waals surface area contributed by atoms with Crippen LogP contribution in [0.4, 0.5) is 9.59 Å². The minimum absolute atomic E-state index is 0.0982. The molecule has 0 saturated carbocycles. The number of amides is 2. The first-order valence-corrected chi connectivity index (χ1v) is 3.66. The van der Waals surface area contributed by atoms with Crippen LogP contribution in [-0.2, 0) is 0 Å². The summed E-state index contributed by atoms with van der Waals surface area (Å²) in [5, 5.41) is 30.2. The second-order valence-electron chi connectivity index (χ2n) is 2.31. The zero-order valence-electron chi connectivity index (χ0n) is 6.86. The standard InChI is InChI=1S/C6H11N2O5/c9-5(10)7-3-1-2-4-8(13)6(11)12/h7H,1-4H2,(H,9,10)(H,11,12)/q-1/p-1. The molecule has 0 unspecified atom stereocenters. The van der Waals surface area contributed by atoms with Gasteiger partial charge in [0.1, 0.15) is 6.09 Å². The van der Waals surface area contributed by atoms with E-state index in [4.69, 9.17) is 5.11 Å². The number of carbonyl (C=O) groups excluding carboxylic acids is 1. The number of rotatable bonds is 5. The molecule has 0 saturated heterocycles. The molecule has 0 heterocycles. The van der Waals surface area contributed by atoms with Gasteiger partial charge in [-0.05, 0) is 12.8 Å². The van der Waals surface area contributed by atoms with Crippen LogP contribution >= 0.6 is 0 Å². The second kappa shape index (κ2) is 6.06. The van der Waals surface area contributed by atoms with Gasteiger partial charge in [-0.2, -0.15) is 0 Å². The average molecular weight is 190 g/mol. The monoisotopic (exact) mass is 190 g/mol. The van der Waals surface area contributed by atoms with Crippen LogP contribution in [0.1, 0.15) is 12.8 Å². The largest absolute Gasteiger partial charge is 0.754 e. The molecule has 0 aromatic heterocycles. The van der Waals surface area contributed by atoms with E-state index >= 15 is 0 Å². The normalized spacial score (nSPS) is 9.31. The van der Waals surface area contributed by atoms with E-state index in [2.05, 4.69) is 0 Å². The van der Waals surface area contributed by atoms with Crippen molar-refractivity contribution in [1.82, 2.24) is 10.4 Å². The summed E-state index contributed by atoms with van der Waals surface area (Å²) in [6.45, 7) is 0.0137. The van der Waals surface area contributed by atoms with E-state index in [1.165, 1.54) is 0 Å². The summed E-state index contributed by atoms with van der Waals surface area (Å²) < 4.78 is 0. The highest BCUT2D eigenvalue weighted by molar-refractivity contribution is 5.65. The van der Waals surface area contributed by atoms with Gasteiger partial charge in [-0.1, -0.05) is 0 Å².